The molecule has 1 aliphatic heterocycles. The zero-order chi connectivity index (χ0) is 14.8. The predicted molar refractivity (Wildman–Crippen MR) is 79.2 cm³/mol. The number of hydrogen-bond acceptors (Lipinski definition) is 3. The van der Waals surface area contributed by atoms with E-state index in [0.717, 1.165) is 18.5 Å². The van der Waals surface area contributed by atoms with E-state index in [-0.39, 0.29) is 24.2 Å². The number of benzene rings is 1. The highest BCUT2D eigenvalue weighted by molar-refractivity contribution is 6.01. The van der Waals surface area contributed by atoms with Gasteiger partial charge in [-0.15, -0.1) is 0 Å². The monoisotopic (exact) mass is 288 g/mol. The fraction of sp³-hybridized carbons (Fsp3) is 0.500. The molecule has 3 rings (SSSR count). The van der Waals surface area contributed by atoms with Gasteiger partial charge in [0.2, 0.25) is 11.8 Å². The highest BCUT2D eigenvalue weighted by Gasteiger charge is 2.37. The third kappa shape index (κ3) is 3.01. The van der Waals surface area contributed by atoms with Gasteiger partial charge in [0.15, 0.2) is 0 Å². The van der Waals surface area contributed by atoms with Crippen LogP contribution in [0.3, 0.4) is 0 Å². The average molecular weight is 288 g/mol. The molecule has 5 nitrogen and oxygen atoms in total. The van der Waals surface area contributed by atoms with Crippen molar-refractivity contribution in [2.45, 2.75) is 32.2 Å². The Balaban J connectivity index is 1.73. The van der Waals surface area contributed by atoms with Crippen LogP contribution in [0, 0.1) is 5.92 Å². The second-order valence-corrected chi connectivity index (χ2v) is 5.59. The first kappa shape index (κ1) is 13.9. The lowest BCUT2D eigenvalue weighted by Crippen LogP contribution is -2.34. The van der Waals surface area contributed by atoms with Crippen molar-refractivity contribution >= 4 is 17.5 Å². The molecule has 1 atom stereocenters. The highest BCUT2D eigenvalue weighted by Crippen LogP contribution is 2.33. The Bertz CT molecular complexity index is 554. The van der Waals surface area contributed by atoms with Gasteiger partial charge in [-0.25, -0.2) is 0 Å². The van der Waals surface area contributed by atoms with Crippen LogP contribution in [-0.4, -0.2) is 31.0 Å². The third-order valence-electron chi connectivity index (χ3n) is 3.88. The van der Waals surface area contributed by atoms with Gasteiger partial charge in [0.05, 0.1) is 18.2 Å². The molecule has 2 amide bonds. The topological polar surface area (TPSA) is 58.6 Å². The van der Waals surface area contributed by atoms with Crippen LogP contribution in [0.5, 0.6) is 5.75 Å². The number of ether oxygens (including phenoxy) is 1. The molecule has 1 aromatic carbocycles. The van der Waals surface area contributed by atoms with Crippen molar-refractivity contribution < 1.29 is 14.3 Å². The molecule has 1 aliphatic carbocycles. The number of anilines is 1. The van der Waals surface area contributed by atoms with Gasteiger partial charge in [-0.2, -0.15) is 0 Å². The van der Waals surface area contributed by atoms with Crippen molar-refractivity contribution in [1.29, 1.82) is 0 Å². The summed E-state index contributed by atoms with van der Waals surface area (Å²) in [6.45, 7) is 2.89. The molecular formula is C16H20N2O3. The summed E-state index contributed by atoms with van der Waals surface area (Å²) < 4.78 is 5.57. The summed E-state index contributed by atoms with van der Waals surface area (Å²) in [7, 11) is 0. The lowest BCUT2D eigenvalue weighted by atomic mass is 10.1. The molecular weight excluding hydrogens is 268 g/mol. The first-order valence-electron chi connectivity index (χ1n) is 7.51. The molecule has 112 valence electrons. The van der Waals surface area contributed by atoms with Crippen LogP contribution >= 0.6 is 0 Å². The summed E-state index contributed by atoms with van der Waals surface area (Å²) in [6.07, 6.45) is 2.39. The smallest absolute Gasteiger partial charge is 0.227 e. The van der Waals surface area contributed by atoms with Crippen molar-refractivity contribution in [3.8, 4) is 5.75 Å². The molecule has 0 aromatic heterocycles. The Kier molecular flexibility index (Phi) is 3.82. The first-order valence-corrected chi connectivity index (χ1v) is 7.51. The number of nitrogens with zero attached hydrogens (tertiary/aromatic N) is 1. The minimum Gasteiger partial charge on any atom is -0.492 e. The Labute approximate surface area is 124 Å². The van der Waals surface area contributed by atoms with Gasteiger partial charge >= 0.3 is 0 Å². The summed E-state index contributed by atoms with van der Waals surface area (Å²) in [6, 6.07) is 7.81. The van der Waals surface area contributed by atoms with Crippen molar-refractivity contribution in [2.75, 3.05) is 18.1 Å². The van der Waals surface area contributed by atoms with Crippen LogP contribution in [0.15, 0.2) is 24.3 Å². The summed E-state index contributed by atoms with van der Waals surface area (Å²) in [5.74, 6) is 0.421. The maximum Gasteiger partial charge on any atom is 0.227 e. The van der Waals surface area contributed by atoms with Crippen LogP contribution in [0.4, 0.5) is 5.69 Å². The van der Waals surface area contributed by atoms with Crippen LogP contribution in [0.1, 0.15) is 26.2 Å². The van der Waals surface area contributed by atoms with Gasteiger partial charge in [-0.1, -0.05) is 12.1 Å². The molecule has 0 unspecified atom stereocenters. The Morgan fingerprint density at radius 1 is 1.38 bits per heavy atom. The van der Waals surface area contributed by atoms with Crippen LogP contribution < -0.4 is 15.0 Å². The summed E-state index contributed by atoms with van der Waals surface area (Å²) in [4.78, 5) is 26.0. The van der Waals surface area contributed by atoms with Crippen LogP contribution in [0.2, 0.25) is 0 Å². The van der Waals surface area contributed by atoms with E-state index in [0.29, 0.717) is 24.9 Å². The molecule has 1 saturated heterocycles. The van der Waals surface area contributed by atoms with E-state index in [9.17, 15) is 9.59 Å². The molecule has 5 heteroatoms. The molecule has 21 heavy (non-hydrogen) atoms. The summed E-state index contributed by atoms with van der Waals surface area (Å²) >= 11 is 0. The largest absolute Gasteiger partial charge is 0.492 e. The fourth-order valence-electron chi connectivity index (χ4n) is 2.62. The van der Waals surface area contributed by atoms with E-state index in [1.165, 1.54) is 0 Å². The Morgan fingerprint density at radius 2 is 2.14 bits per heavy atom. The summed E-state index contributed by atoms with van der Waals surface area (Å²) in [5.41, 5.74) is 0.756. The minimum absolute atomic E-state index is 0.00208. The molecule has 1 heterocycles. The average Bonchev–Trinajstić information content (AvgIpc) is 3.20. The number of carbonyl (C=O) groups excluding carboxylic acids is 2. The molecule has 2 fully saturated rings. The zero-order valence-corrected chi connectivity index (χ0v) is 12.2. The van der Waals surface area contributed by atoms with E-state index in [4.69, 9.17) is 4.74 Å². The van der Waals surface area contributed by atoms with Crippen LogP contribution in [0.25, 0.3) is 0 Å². The number of rotatable bonds is 5. The van der Waals surface area contributed by atoms with E-state index in [2.05, 4.69) is 5.32 Å². The molecule has 0 spiro atoms. The maximum absolute atomic E-state index is 12.2. The van der Waals surface area contributed by atoms with Gasteiger partial charge in [0.25, 0.3) is 0 Å². The van der Waals surface area contributed by atoms with E-state index in [1.54, 1.807) is 4.90 Å². The normalized spacial score (nSPS) is 21.5. The fourth-order valence-corrected chi connectivity index (χ4v) is 2.62. The van der Waals surface area contributed by atoms with E-state index in [1.807, 2.05) is 31.2 Å². The summed E-state index contributed by atoms with van der Waals surface area (Å²) in [5, 5.41) is 2.98. The maximum atomic E-state index is 12.2. The third-order valence-corrected chi connectivity index (χ3v) is 3.88. The number of para-hydroxylation sites is 2. The SMILES string of the molecule is CCOc1ccccc1N1C[C@@H](C(=O)NC2CC2)CC1=O. The molecule has 1 aromatic rings. The Morgan fingerprint density at radius 3 is 2.86 bits per heavy atom. The van der Waals surface area contributed by atoms with Crippen molar-refractivity contribution in [3.63, 3.8) is 0 Å². The van der Waals surface area contributed by atoms with Gasteiger partial charge in [-0.3, -0.25) is 9.59 Å². The Hall–Kier alpha value is -2.04. The van der Waals surface area contributed by atoms with Gasteiger partial charge in [0, 0.05) is 19.0 Å². The van der Waals surface area contributed by atoms with Crippen molar-refractivity contribution in [3.05, 3.63) is 24.3 Å². The lowest BCUT2D eigenvalue weighted by Gasteiger charge is -2.20. The molecule has 1 N–H and O–H groups in total. The second kappa shape index (κ2) is 5.76. The molecule has 2 aliphatic rings. The quantitative estimate of drug-likeness (QED) is 0.897. The van der Waals surface area contributed by atoms with Gasteiger partial charge in [0.1, 0.15) is 5.75 Å². The molecule has 0 radical (unpaired) electrons. The number of nitrogens with one attached hydrogen (secondary N) is 1. The lowest BCUT2D eigenvalue weighted by molar-refractivity contribution is -0.126. The number of amides is 2. The van der Waals surface area contributed by atoms with E-state index >= 15 is 0 Å². The second-order valence-electron chi connectivity index (χ2n) is 5.59. The van der Waals surface area contributed by atoms with E-state index < -0.39 is 0 Å². The zero-order valence-electron chi connectivity index (χ0n) is 12.2. The van der Waals surface area contributed by atoms with Gasteiger partial charge in [-0.05, 0) is 31.9 Å². The highest BCUT2D eigenvalue weighted by atomic mass is 16.5. The predicted octanol–water partition coefficient (Wildman–Crippen LogP) is 1.72. The van der Waals surface area contributed by atoms with Crippen molar-refractivity contribution in [2.24, 2.45) is 5.92 Å². The number of carbonyl (C=O) groups is 2. The first-order chi connectivity index (χ1) is 10.2. The minimum atomic E-state index is -0.257. The number of hydrogen-bond donors (Lipinski definition) is 1. The van der Waals surface area contributed by atoms with Crippen LogP contribution in [-0.2, 0) is 9.59 Å². The standard InChI is InChI=1S/C16H20N2O3/c1-2-21-14-6-4-3-5-13(14)18-10-11(9-15(18)19)16(20)17-12-7-8-12/h3-6,11-12H,2,7-10H2,1H3,(H,17,20)/t11-/m0/s1. The molecule has 1 saturated carbocycles. The van der Waals surface area contributed by atoms with Gasteiger partial charge < -0.3 is 15.0 Å². The molecule has 0 bridgehead atoms. The van der Waals surface area contributed by atoms with Crippen molar-refractivity contribution in [1.82, 2.24) is 5.32 Å².